The van der Waals surface area contributed by atoms with E-state index < -0.39 is 5.41 Å². The van der Waals surface area contributed by atoms with Crippen molar-refractivity contribution >= 4 is 16.7 Å². The Kier molecular flexibility index (Phi) is 10.9. The normalized spacial score (nSPS) is 22.8. The predicted octanol–water partition coefficient (Wildman–Crippen LogP) is 18.8. The maximum absolute atomic E-state index is 2.65. The lowest BCUT2D eigenvalue weighted by Gasteiger charge is -2.33. The molecule has 7 aromatic carbocycles. The lowest BCUT2D eigenvalue weighted by molar-refractivity contribution is 0.775. The fourth-order valence-corrected chi connectivity index (χ4v) is 13.8. The van der Waals surface area contributed by atoms with E-state index in [9.17, 15) is 0 Å². The van der Waals surface area contributed by atoms with E-state index in [1.54, 1.807) is 0 Å². The van der Waals surface area contributed by atoms with E-state index in [1.165, 1.54) is 111 Å². The summed E-state index contributed by atoms with van der Waals surface area (Å²) in [5.74, 6) is 1.24. The van der Waals surface area contributed by atoms with Crippen LogP contribution in [0.1, 0.15) is 112 Å². The number of fused-ring (bicyclic) bond motifs is 10. The molecule has 7 aromatic rings. The number of rotatable bonds is 8. The third kappa shape index (κ3) is 7.25. The molecule has 0 heterocycles. The van der Waals surface area contributed by atoms with Gasteiger partial charge in [-0.3, -0.25) is 0 Å². The van der Waals surface area contributed by atoms with E-state index in [0.717, 1.165) is 38.5 Å². The van der Waals surface area contributed by atoms with Crippen LogP contribution in [0.25, 0.3) is 50.1 Å². The summed E-state index contributed by atoms with van der Waals surface area (Å²) in [6.45, 7) is 0. The third-order valence-corrected chi connectivity index (χ3v) is 17.3. The molecule has 0 bridgehead atoms. The van der Waals surface area contributed by atoms with Crippen molar-refractivity contribution in [3.63, 3.8) is 0 Å². The molecule has 0 nitrogen and oxygen atoms in total. The Morgan fingerprint density at radius 1 is 0.370 bits per heavy atom. The highest BCUT2D eigenvalue weighted by Crippen LogP contribution is 2.65. The second-order valence-electron chi connectivity index (χ2n) is 21.1. The van der Waals surface area contributed by atoms with Gasteiger partial charge < -0.3 is 0 Å². The van der Waals surface area contributed by atoms with Crippen molar-refractivity contribution in [2.45, 2.75) is 61.7 Å². The van der Waals surface area contributed by atoms with Gasteiger partial charge in [0.05, 0.1) is 5.41 Å². The fourth-order valence-electron chi connectivity index (χ4n) is 13.8. The van der Waals surface area contributed by atoms with Crippen molar-refractivity contribution in [2.75, 3.05) is 0 Å². The summed E-state index contributed by atoms with van der Waals surface area (Å²) in [4.78, 5) is 0. The second kappa shape index (κ2) is 18.2. The van der Waals surface area contributed by atoms with Crippen molar-refractivity contribution in [3.05, 3.63) is 316 Å². The molecule has 0 N–H and O–H groups in total. The van der Waals surface area contributed by atoms with Gasteiger partial charge in [0.15, 0.2) is 0 Å². The van der Waals surface area contributed by atoms with E-state index >= 15 is 0 Å². The molecule has 0 saturated heterocycles. The Bertz CT molecular complexity index is 3590. The lowest BCUT2D eigenvalue weighted by Crippen LogP contribution is -2.26. The summed E-state index contributed by atoms with van der Waals surface area (Å²) < 4.78 is 0. The zero-order valence-electron chi connectivity index (χ0n) is 41.3. The highest BCUT2D eigenvalue weighted by atomic mass is 14.5. The summed E-state index contributed by atoms with van der Waals surface area (Å²) in [5.41, 5.74) is 26.7. The van der Waals surface area contributed by atoms with E-state index in [4.69, 9.17) is 0 Å². The fraction of sp³-hybridized carbons (Fsp3) is 0.151. The van der Waals surface area contributed by atoms with E-state index in [-0.39, 0.29) is 11.8 Å². The topological polar surface area (TPSA) is 0 Å². The average Bonchev–Trinajstić information content (AvgIpc) is 3.95. The molecular weight excluding hydrogens is 877 g/mol. The minimum atomic E-state index is -0.602. The smallest absolute Gasteiger partial charge is 0.0726 e. The van der Waals surface area contributed by atoms with Crippen LogP contribution < -0.4 is 0 Å². The Labute approximate surface area is 431 Å². The molecule has 73 heavy (non-hydrogen) atoms. The number of hydrogen-bond donors (Lipinski definition) is 0. The van der Waals surface area contributed by atoms with Crippen LogP contribution >= 0.6 is 0 Å². The van der Waals surface area contributed by atoms with E-state index in [1.807, 2.05) is 0 Å². The van der Waals surface area contributed by atoms with Gasteiger partial charge in [-0.25, -0.2) is 0 Å². The van der Waals surface area contributed by atoms with Crippen LogP contribution in [0.3, 0.4) is 0 Å². The van der Waals surface area contributed by atoms with Crippen molar-refractivity contribution < 1.29 is 0 Å². The van der Waals surface area contributed by atoms with Gasteiger partial charge in [-0.15, -0.1) is 0 Å². The van der Waals surface area contributed by atoms with Crippen LogP contribution in [-0.2, 0) is 5.41 Å². The maximum atomic E-state index is 2.65. The summed E-state index contributed by atoms with van der Waals surface area (Å²) in [5, 5.41) is 0. The van der Waals surface area contributed by atoms with Crippen molar-refractivity contribution in [2.24, 2.45) is 5.92 Å². The molecule has 5 atom stereocenters. The van der Waals surface area contributed by atoms with Gasteiger partial charge in [0.25, 0.3) is 0 Å². The molecular formula is C73H58. The zero-order valence-corrected chi connectivity index (χ0v) is 41.3. The van der Waals surface area contributed by atoms with E-state index in [2.05, 4.69) is 255 Å². The Morgan fingerprint density at radius 3 is 1.41 bits per heavy atom. The van der Waals surface area contributed by atoms with Crippen molar-refractivity contribution in [1.82, 2.24) is 0 Å². The van der Waals surface area contributed by atoms with Gasteiger partial charge in [-0.1, -0.05) is 231 Å². The van der Waals surface area contributed by atoms with Crippen molar-refractivity contribution in [3.8, 4) is 33.4 Å². The molecule has 1 spiro atoms. The second-order valence-corrected chi connectivity index (χ2v) is 21.1. The summed E-state index contributed by atoms with van der Waals surface area (Å²) in [7, 11) is 0. The quantitative estimate of drug-likeness (QED) is 0.142. The molecule has 0 amide bonds. The Balaban J connectivity index is 1.05. The van der Waals surface area contributed by atoms with Gasteiger partial charge in [-0.2, -0.15) is 0 Å². The first-order valence-corrected chi connectivity index (χ1v) is 26.8. The van der Waals surface area contributed by atoms with Gasteiger partial charge in [0.2, 0.25) is 0 Å². The van der Waals surface area contributed by atoms with Gasteiger partial charge >= 0.3 is 0 Å². The summed E-state index contributed by atoms with van der Waals surface area (Å²) >= 11 is 0. The highest BCUT2D eigenvalue weighted by Gasteiger charge is 2.52. The molecule has 0 aromatic heterocycles. The third-order valence-electron chi connectivity index (χ3n) is 17.3. The molecule has 7 aliphatic carbocycles. The predicted molar refractivity (Wildman–Crippen MR) is 307 cm³/mol. The minimum absolute atomic E-state index is 0.270. The molecule has 0 aliphatic heterocycles. The Morgan fingerprint density at radius 2 is 0.849 bits per heavy atom. The summed E-state index contributed by atoms with van der Waals surface area (Å²) in [6, 6.07) is 61.7. The van der Waals surface area contributed by atoms with Crippen molar-refractivity contribution in [1.29, 1.82) is 0 Å². The molecule has 14 rings (SSSR count). The van der Waals surface area contributed by atoms with Crippen LogP contribution in [0.15, 0.2) is 261 Å². The van der Waals surface area contributed by atoms with Crippen LogP contribution in [-0.4, -0.2) is 0 Å². The maximum Gasteiger partial charge on any atom is 0.0726 e. The van der Waals surface area contributed by atoms with E-state index in [0.29, 0.717) is 11.8 Å². The largest absolute Gasteiger partial charge is 0.0839 e. The first-order valence-electron chi connectivity index (χ1n) is 26.8. The number of benzene rings is 7. The monoisotopic (exact) mass is 934 g/mol. The molecule has 7 aliphatic rings. The van der Waals surface area contributed by atoms with Gasteiger partial charge in [0, 0.05) is 23.7 Å². The van der Waals surface area contributed by atoms with Crippen LogP contribution in [0.2, 0.25) is 0 Å². The number of allylic oxidation sites excluding steroid dienone is 20. The van der Waals surface area contributed by atoms with Gasteiger partial charge in [0.1, 0.15) is 0 Å². The van der Waals surface area contributed by atoms with Crippen LogP contribution in [0.4, 0.5) is 0 Å². The van der Waals surface area contributed by atoms with Crippen LogP contribution in [0, 0.1) is 5.92 Å². The standard InChI is InChI=1S/C73H58/c1-5-21-49(22-6-1)57-29-13-17-33-61(57)53-37-41-65-66-42-38-54(62-34-18-14-30-58(62)50-23-7-2-8-24-50)46-70(66)73(69(65)45-53)71-47-55(63-35-19-15-31-59(63)51-25-9-3-10-26-51)39-43-67(71)68-44-40-56(48-72(68)73)64-36-20-16-32-60(64)52-27-11-4-12-28-52/h1-19,21-23,25-27,30,32-35,37-48,50,52,57,59H,20,24,28-29,31,36H2. The molecule has 5 unspecified atom stereocenters. The lowest BCUT2D eigenvalue weighted by atomic mass is 9.68. The van der Waals surface area contributed by atoms with Crippen LogP contribution in [0.5, 0.6) is 0 Å². The first kappa shape index (κ1) is 43.7. The highest BCUT2D eigenvalue weighted by molar-refractivity contribution is 5.98. The molecule has 0 saturated carbocycles. The molecule has 0 radical (unpaired) electrons. The molecule has 0 heteroatoms. The first-order chi connectivity index (χ1) is 36.2. The summed E-state index contributed by atoms with van der Waals surface area (Å²) in [6.07, 6.45) is 43.3. The minimum Gasteiger partial charge on any atom is -0.0839 e. The SMILES string of the molecule is C1=CCC(C2=C(c3ccc4c(c3)C3(c5cc(C6=CC=CCC6c6ccccc6)ccc5-4)c4cc(C5=CC=CCC5c5ccccc5)ccc4-c4ccc(-c5ccccc5C5C=CC=CC5)cc43)CCC=C2)C=C1. The average molecular weight is 935 g/mol. The number of hydrogen-bond acceptors (Lipinski definition) is 0. The zero-order chi connectivity index (χ0) is 48.3. The Hall–Kier alpha value is -8.06. The molecule has 350 valence electrons. The van der Waals surface area contributed by atoms with Gasteiger partial charge in [-0.05, 0) is 174 Å². The molecule has 0 fully saturated rings.